The zero-order chi connectivity index (χ0) is 14.2. The Morgan fingerprint density at radius 3 is 2.53 bits per heavy atom. The standard InChI is InChI=1S/C12H9F4NOS/c1-6(18)10-5-19-11(17-10)8-4-7(13)2-3-9(8)12(14,15)16/h2-6,18H,1H3. The second-order valence-electron chi connectivity index (χ2n) is 3.94. The quantitative estimate of drug-likeness (QED) is 0.848. The van der Waals surface area contributed by atoms with E-state index in [-0.39, 0.29) is 16.3 Å². The Labute approximate surface area is 110 Å². The monoisotopic (exact) mass is 291 g/mol. The van der Waals surface area contributed by atoms with Gasteiger partial charge in [-0.3, -0.25) is 0 Å². The van der Waals surface area contributed by atoms with Crippen molar-refractivity contribution >= 4 is 11.3 Å². The van der Waals surface area contributed by atoms with Crippen molar-refractivity contribution in [2.45, 2.75) is 19.2 Å². The van der Waals surface area contributed by atoms with Crippen LogP contribution < -0.4 is 0 Å². The third-order valence-corrected chi connectivity index (χ3v) is 3.36. The first-order valence-corrected chi connectivity index (χ1v) is 6.17. The van der Waals surface area contributed by atoms with Gasteiger partial charge in [0.25, 0.3) is 0 Å². The van der Waals surface area contributed by atoms with Crippen LogP contribution in [0.3, 0.4) is 0 Å². The molecule has 0 aliphatic rings. The lowest BCUT2D eigenvalue weighted by Gasteiger charge is -2.11. The van der Waals surface area contributed by atoms with Gasteiger partial charge in [0.05, 0.1) is 17.4 Å². The Bertz CT molecular complexity index is 592. The molecule has 2 nitrogen and oxygen atoms in total. The Kier molecular flexibility index (Phi) is 3.60. The molecule has 0 saturated heterocycles. The third kappa shape index (κ3) is 2.93. The van der Waals surface area contributed by atoms with Gasteiger partial charge in [-0.2, -0.15) is 13.2 Å². The van der Waals surface area contributed by atoms with Crippen LogP contribution in [0.25, 0.3) is 10.6 Å². The number of thiazole rings is 1. The van der Waals surface area contributed by atoms with Crippen LogP contribution in [0.2, 0.25) is 0 Å². The van der Waals surface area contributed by atoms with Gasteiger partial charge in [0.2, 0.25) is 0 Å². The molecule has 0 aliphatic heterocycles. The van der Waals surface area contributed by atoms with E-state index in [9.17, 15) is 22.7 Å². The summed E-state index contributed by atoms with van der Waals surface area (Å²) in [5.74, 6) is -0.767. The Balaban J connectivity index is 2.56. The van der Waals surface area contributed by atoms with Gasteiger partial charge in [0.15, 0.2) is 0 Å². The predicted octanol–water partition coefficient (Wildman–Crippen LogP) is 4.02. The molecule has 0 saturated carbocycles. The lowest BCUT2D eigenvalue weighted by Crippen LogP contribution is -2.07. The maximum atomic E-state index is 13.1. The van der Waals surface area contributed by atoms with Gasteiger partial charge >= 0.3 is 6.18 Å². The molecule has 0 fully saturated rings. The fraction of sp³-hybridized carbons (Fsp3) is 0.250. The molecule has 1 aromatic carbocycles. The minimum absolute atomic E-state index is 0.0303. The third-order valence-electron chi connectivity index (χ3n) is 2.47. The smallest absolute Gasteiger partial charge is 0.387 e. The number of nitrogens with zero attached hydrogens (tertiary/aromatic N) is 1. The number of aliphatic hydroxyl groups is 1. The molecule has 0 radical (unpaired) electrons. The Morgan fingerprint density at radius 1 is 1.32 bits per heavy atom. The molecule has 7 heteroatoms. The molecule has 19 heavy (non-hydrogen) atoms. The summed E-state index contributed by atoms with van der Waals surface area (Å²) in [6.07, 6.45) is -5.47. The molecule has 1 N–H and O–H groups in total. The molecule has 1 unspecified atom stereocenters. The zero-order valence-electron chi connectivity index (χ0n) is 9.70. The van der Waals surface area contributed by atoms with Crippen LogP contribution >= 0.6 is 11.3 Å². The van der Waals surface area contributed by atoms with E-state index >= 15 is 0 Å². The van der Waals surface area contributed by atoms with Gasteiger partial charge in [-0.05, 0) is 25.1 Å². The maximum Gasteiger partial charge on any atom is 0.417 e. The maximum absolute atomic E-state index is 13.1. The van der Waals surface area contributed by atoms with Crippen molar-refractivity contribution in [1.82, 2.24) is 4.98 Å². The van der Waals surface area contributed by atoms with E-state index in [1.807, 2.05) is 0 Å². The molecule has 2 rings (SSSR count). The fourth-order valence-corrected chi connectivity index (χ4v) is 2.48. The lowest BCUT2D eigenvalue weighted by atomic mass is 10.1. The molecule has 1 heterocycles. The second kappa shape index (κ2) is 4.90. The van der Waals surface area contributed by atoms with Crippen molar-refractivity contribution < 1.29 is 22.7 Å². The van der Waals surface area contributed by atoms with E-state index in [1.54, 1.807) is 0 Å². The van der Waals surface area contributed by atoms with E-state index in [1.165, 1.54) is 12.3 Å². The highest BCUT2D eigenvalue weighted by atomic mass is 32.1. The number of benzene rings is 1. The summed E-state index contributed by atoms with van der Waals surface area (Å²) in [6, 6.07) is 2.25. The molecule has 0 amide bonds. The number of aliphatic hydroxyl groups excluding tert-OH is 1. The molecular formula is C12H9F4NOS. The molecule has 1 aromatic heterocycles. The summed E-state index contributed by atoms with van der Waals surface area (Å²) in [4.78, 5) is 3.90. The van der Waals surface area contributed by atoms with Crippen LogP contribution in [0.1, 0.15) is 24.3 Å². The Morgan fingerprint density at radius 2 is 2.00 bits per heavy atom. The van der Waals surface area contributed by atoms with Crippen molar-refractivity contribution in [3.63, 3.8) is 0 Å². The number of halogens is 4. The van der Waals surface area contributed by atoms with E-state index in [0.717, 1.165) is 23.5 Å². The van der Waals surface area contributed by atoms with Crippen molar-refractivity contribution in [2.24, 2.45) is 0 Å². The summed E-state index contributed by atoms with van der Waals surface area (Å²) in [5.41, 5.74) is -0.998. The van der Waals surface area contributed by atoms with Gasteiger partial charge in [-0.25, -0.2) is 9.37 Å². The first-order chi connectivity index (χ1) is 8.79. The number of alkyl halides is 3. The normalized spacial score (nSPS) is 13.6. The van der Waals surface area contributed by atoms with Crippen LogP contribution in [-0.4, -0.2) is 10.1 Å². The predicted molar refractivity (Wildman–Crippen MR) is 63.1 cm³/mol. The van der Waals surface area contributed by atoms with Crippen LogP contribution in [0.5, 0.6) is 0 Å². The van der Waals surface area contributed by atoms with E-state index in [2.05, 4.69) is 4.98 Å². The van der Waals surface area contributed by atoms with Gasteiger partial charge < -0.3 is 5.11 Å². The molecule has 0 spiro atoms. The van der Waals surface area contributed by atoms with Crippen LogP contribution in [-0.2, 0) is 6.18 Å². The van der Waals surface area contributed by atoms with Crippen LogP contribution in [0.15, 0.2) is 23.6 Å². The number of hydrogen-bond donors (Lipinski definition) is 1. The highest BCUT2D eigenvalue weighted by molar-refractivity contribution is 7.13. The molecule has 0 aliphatic carbocycles. The van der Waals surface area contributed by atoms with Gasteiger partial charge in [-0.15, -0.1) is 11.3 Å². The minimum Gasteiger partial charge on any atom is -0.387 e. The highest BCUT2D eigenvalue weighted by Gasteiger charge is 2.34. The molecule has 0 bridgehead atoms. The topological polar surface area (TPSA) is 33.1 Å². The minimum atomic E-state index is -4.58. The first kappa shape index (κ1) is 14.0. The Hall–Kier alpha value is -1.47. The summed E-state index contributed by atoms with van der Waals surface area (Å²) in [5, 5.41) is 10.8. The van der Waals surface area contributed by atoms with E-state index < -0.39 is 23.7 Å². The van der Waals surface area contributed by atoms with Crippen molar-refractivity contribution in [3.05, 3.63) is 40.7 Å². The number of rotatable bonds is 2. The fourth-order valence-electron chi connectivity index (χ4n) is 1.54. The molecule has 2 aromatic rings. The van der Waals surface area contributed by atoms with Crippen LogP contribution in [0, 0.1) is 5.82 Å². The summed E-state index contributed by atoms with van der Waals surface area (Å²) >= 11 is 0.932. The van der Waals surface area contributed by atoms with Crippen molar-refractivity contribution in [2.75, 3.05) is 0 Å². The molecule has 102 valence electrons. The van der Waals surface area contributed by atoms with Crippen LogP contribution in [0.4, 0.5) is 17.6 Å². The summed E-state index contributed by atoms with van der Waals surface area (Å²) < 4.78 is 51.7. The number of hydrogen-bond acceptors (Lipinski definition) is 3. The lowest BCUT2D eigenvalue weighted by molar-refractivity contribution is -0.137. The SMILES string of the molecule is CC(O)c1csc(-c2cc(F)ccc2C(F)(F)F)n1. The van der Waals surface area contributed by atoms with E-state index in [4.69, 9.17) is 0 Å². The average Bonchev–Trinajstić information content (AvgIpc) is 2.76. The van der Waals surface area contributed by atoms with Gasteiger partial charge in [-0.1, -0.05) is 0 Å². The van der Waals surface area contributed by atoms with Gasteiger partial charge in [0.1, 0.15) is 10.8 Å². The number of aromatic nitrogens is 1. The first-order valence-electron chi connectivity index (χ1n) is 5.29. The zero-order valence-corrected chi connectivity index (χ0v) is 10.5. The average molecular weight is 291 g/mol. The van der Waals surface area contributed by atoms with Crippen molar-refractivity contribution in [3.8, 4) is 10.6 Å². The second-order valence-corrected chi connectivity index (χ2v) is 4.80. The highest BCUT2D eigenvalue weighted by Crippen LogP contribution is 2.38. The molecule has 1 atom stereocenters. The van der Waals surface area contributed by atoms with Crippen molar-refractivity contribution in [1.29, 1.82) is 0 Å². The molecular weight excluding hydrogens is 282 g/mol. The summed E-state index contributed by atoms with van der Waals surface area (Å²) in [7, 11) is 0. The van der Waals surface area contributed by atoms with E-state index in [0.29, 0.717) is 6.07 Å². The van der Waals surface area contributed by atoms with Gasteiger partial charge in [0, 0.05) is 10.9 Å². The largest absolute Gasteiger partial charge is 0.417 e. The summed E-state index contributed by atoms with van der Waals surface area (Å²) in [6.45, 7) is 1.45.